The van der Waals surface area contributed by atoms with Crippen LogP contribution in [0.4, 0.5) is 13.2 Å². The van der Waals surface area contributed by atoms with E-state index in [0.29, 0.717) is 5.56 Å². The normalized spacial score (nSPS) is 12.3. The van der Waals surface area contributed by atoms with Crippen molar-refractivity contribution in [2.75, 3.05) is 6.26 Å². The number of sulfone groups is 1. The van der Waals surface area contributed by atoms with Gasteiger partial charge in [0.05, 0.1) is 5.69 Å². The van der Waals surface area contributed by atoms with Crippen LogP contribution in [0.5, 0.6) is 0 Å². The minimum Gasteiger partial charge on any atom is -0.245 e. The first-order chi connectivity index (χ1) is 14.6. The molecule has 6 nitrogen and oxygen atoms in total. The monoisotopic (exact) mass is 464 g/mol. The lowest BCUT2D eigenvalue weighted by atomic mass is 10.0. The van der Waals surface area contributed by atoms with Gasteiger partial charge >= 0.3 is 6.18 Å². The van der Waals surface area contributed by atoms with Gasteiger partial charge in [-0.15, -0.1) is 11.3 Å². The molecule has 0 unspecified atom stereocenters. The molecule has 0 aliphatic carbocycles. The van der Waals surface area contributed by atoms with E-state index in [1.165, 1.54) is 29.7 Å². The summed E-state index contributed by atoms with van der Waals surface area (Å²) >= 11 is 1.45. The molecule has 0 bridgehead atoms. The molecule has 0 saturated heterocycles. The van der Waals surface area contributed by atoms with Crippen molar-refractivity contribution in [3.63, 3.8) is 0 Å². The number of aromatic nitrogens is 4. The van der Waals surface area contributed by atoms with E-state index in [2.05, 4.69) is 15.1 Å². The summed E-state index contributed by atoms with van der Waals surface area (Å²) in [7, 11) is -3.76. The number of thiazole rings is 1. The van der Waals surface area contributed by atoms with Gasteiger partial charge in [0.15, 0.2) is 21.3 Å². The molecule has 0 spiro atoms. The number of rotatable bonds is 4. The van der Waals surface area contributed by atoms with E-state index in [1.807, 2.05) is 12.3 Å². The van der Waals surface area contributed by atoms with Crippen LogP contribution in [0.25, 0.3) is 27.6 Å². The van der Waals surface area contributed by atoms with Gasteiger partial charge in [-0.05, 0) is 36.8 Å². The minimum atomic E-state index is -4.71. The summed E-state index contributed by atoms with van der Waals surface area (Å²) in [5, 5.41) is 6.28. The highest BCUT2D eigenvalue weighted by Crippen LogP contribution is 2.35. The molecule has 4 rings (SSSR count). The Labute approximate surface area is 180 Å². The van der Waals surface area contributed by atoms with Crippen molar-refractivity contribution in [2.45, 2.75) is 18.0 Å². The molecule has 0 amide bonds. The lowest BCUT2D eigenvalue weighted by Crippen LogP contribution is -2.11. The highest BCUT2D eigenvalue weighted by molar-refractivity contribution is 7.90. The number of hydrogen-bond donors (Lipinski definition) is 0. The third-order valence-corrected chi connectivity index (χ3v) is 6.46. The van der Waals surface area contributed by atoms with Gasteiger partial charge in [0.25, 0.3) is 0 Å². The van der Waals surface area contributed by atoms with Crippen LogP contribution >= 0.6 is 11.3 Å². The minimum absolute atomic E-state index is 0.0738. The summed E-state index contributed by atoms with van der Waals surface area (Å²) < 4.78 is 65.7. The standard InChI is InChI=1S/C20H15F3N4O2S2/c1-12-10-13(5-6-14(12)19-25-8-9-30-19)15-11-17(20(21,22)23)26-27(15)18-16(31(2,28)29)4-3-7-24-18/h3-11H,1-2H3. The number of pyridine rings is 1. The summed E-state index contributed by atoms with van der Waals surface area (Å²) in [4.78, 5) is 8.07. The average molecular weight is 464 g/mol. The van der Waals surface area contributed by atoms with Crippen molar-refractivity contribution >= 4 is 21.2 Å². The number of hydrogen-bond acceptors (Lipinski definition) is 6. The van der Waals surface area contributed by atoms with Crippen molar-refractivity contribution in [3.05, 3.63) is 65.4 Å². The predicted octanol–water partition coefficient (Wildman–Crippen LogP) is 4.79. The Morgan fingerprint density at radius 1 is 1.06 bits per heavy atom. The van der Waals surface area contributed by atoms with E-state index in [1.54, 1.807) is 24.4 Å². The lowest BCUT2D eigenvalue weighted by molar-refractivity contribution is -0.141. The highest BCUT2D eigenvalue weighted by Gasteiger charge is 2.36. The molecule has 0 aliphatic rings. The highest BCUT2D eigenvalue weighted by atomic mass is 32.2. The number of benzene rings is 1. The Kier molecular flexibility index (Phi) is 5.18. The molecule has 0 radical (unpaired) electrons. The number of nitrogens with zero attached hydrogens (tertiary/aromatic N) is 4. The van der Waals surface area contributed by atoms with E-state index < -0.39 is 21.7 Å². The van der Waals surface area contributed by atoms with Gasteiger partial charge in [0.1, 0.15) is 9.90 Å². The summed E-state index contributed by atoms with van der Waals surface area (Å²) in [5.74, 6) is -0.197. The quantitative estimate of drug-likeness (QED) is 0.434. The van der Waals surface area contributed by atoms with E-state index >= 15 is 0 Å². The van der Waals surface area contributed by atoms with Gasteiger partial charge in [-0.3, -0.25) is 0 Å². The molecule has 0 aliphatic heterocycles. The van der Waals surface area contributed by atoms with E-state index in [-0.39, 0.29) is 16.4 Å². The first-order valence-corrected chi connectivity index (χ1v) is 11.7. The first kappa shape index (κ1) is 21.2. The molecular weight excluding hydrogens is 449 g/mol. The molecule has 0 saturated carbocycles. The van der Waals surface area contributed by atoms with Gasteiger partial charge in [-0.2, -0.15) is 18.3 Å². The SMILES string of the molecule is Cc1cc(-c2cc(C(F)(F)F)nn2-c2ncccc2S(C)(=O)=O)ccc1-c1nccs1. The van der Waals surface area contributed by atoms with Crippen LogP contribution in [0.1, 0.15) is 11.3 Å². The summed E-state index contributed by atoms with van der Waals surface area (Å²) in [6, 6.07) is 8.71. The molecule has 0 N–H and O–H groups in total. The zero-order valence-corrected chi connectivity index (χ0v) is 17.9. The topological polar surface area (TPSA) is 77.7 Å². The Balaban J connectivity index is 1.94. The third-order valence-electron chi connectivity index (χ3n) is 4.54. The largest absolute Gasteiger partial charge is 0.435 e. The van der Waals surface area contributed by atoms with Gasteiger partial charge in [-0.25, -0.2) is 23.1 Å². The summed E-state index contributed by atoms with van der Waals surface area (Å²) in [6.07, 6.45) is -0.768. The van der Waals surface area contributed by atoms with Crippen molar-refractivity contribution in [1.29, 1.82) is 0 Å². The van der Waals surface area contributed by atoms with E-state index in [4.69, 9.17) is 0 Å². The molecule has 1 aromatic carbocycles. The maximum atomic E-state index is 13.5. The molecule has 3 aromatic heterocycles. The Bertz CT molecular complexity index is 1360. The number of halogens is 3. The number of aryl methyl sites for hydroxylation is 1. The van der Waals surface area contributed by atoms with E-state index in [9.17, 15) is 21.6 Å². The molecule has 11 heteroatoms. The fourth-order valence-corrected chi connectivity index (χ4v) is 4.66. The maximum absolute atomic E-state index is 13.5. The van der Waals surface area contributed by atoms with Crippen molar-refractivity contribution in [2.24, 2.45) is 0 Å². The van der Waals surface area contributed by atoms with Gasteiger partial charge < -0.3 is 0 Å². The Morgan fingerprint density at radius 3 is 2.45 bits per heavy atom. The van der Waals surface area contributed by atoms with Crippen LogP contribution in [0.15, 0.2) is 59.1 Å². The van der Waals surface area contributed by atoms with Crippen molar-refractivity contribution in [3.8, 4) is 27.6 Å². The zero-order valence-electron chi connectivity index (χ0n) is 16.3. The lowest BCUT2D eigenvalue weighted by Gasteiger charge is -2.12. The second kappa shape index (κ2) is 7.57. The molecule has 3 heterocycles. The molecule has 4 aromatic rings. The van der Waals surface area contributed by atoms with Crippen molar-refractivity contribution in [1.82, 2.24) is 19.7 Å². The summed E-state index contributed by atoms with van der Waals surface area (Å²) in [5.41, 5.74) is 1.03. The van der Waals surface area contributed by atoms with Crippen LogP contribution in [0, 0.1) is 6.92 Å². The second-order valence-electron chi connectivity index (χ2n) is 6.79. The van der Waals surface area contributed by atoms with Crippen molar-refractivity contribution < 1.29 is 21.6 Å². The predicted molar refractivity (Wildman–Crippen MR) is 111 cm³/mol. The van der Waals surface area contributed by atoms with Crippen LogP contribution in [-0.4, -0.2) is 34.4 Å². The molecule has 0 atom stereocenters. The Morgan fingerprint density at radius 2 is 1.84 bits per heavy atom. The van der Waals surface area contributed by atoms with Crippen LogP contribution in [0.3, 0.4) is 0 Å². The zero-order chi connectivity index (χ0) is 22.4. The molecular formula is C20H15F3N4O2S2. The molecule has 160 valence electrons. The average Bonchev–Trinajstić information content (AvgIpc) is 3.37. The van der Waals surface area contributed by atoms with Gasteiger partial charge in [-0.1, -0.05) is 12.1 Å². The van der Waals surface area contributed by atoms with E-state index in [0.717, 1.165) is 33.1 Å². The van der Waals surface area contributed by atoms with Gasteiger partial charge in [0, 0.05) is 35.2 Å². The second-order valence-corrected chi connectivity index (χ2v) is 9.67. The number of alkyl halides is 3. The smallest absolute Gasteiger partial charge is 0.245 e. The fraction of sp³-hybridized carbons (Fsp3) is 0.150. The van der Waals surface area contributed by atoms with Crippen LogP contribution < -0.4 is 0 Å². The van der Waals surface area contributed by atoms with Crippen LogP contribution in [0.2, 0.25) is 0 Å². The van der Waals surface area contributed by atoms with Crippen LogP contribution in [-0.2, 0) is 16.0 Å². The molecule has 0 fully saturated rings. The molecule has 31 heavy (non-hydrogen) atoms. The Hall–Kier alpha value is -3.05. The maximum Gasteiger partial charge on any atom is 0.435 e. The third kappa shape index (κ3) is 4.10. The summed E-state index contributed by atoms with van der Waals surface area (Å²) in [6.45, 7) is 1.83. The first-order valence-electron chi connectivity index (χ1n) is 8.89. The van der Waals surface area contributed by atoms with Gasteiger partial charge in [0.2, 0.25) is 0 Å². The fourth-order valence-electron chi connectivity index (χ4n) is 3.14.